The first-order valence-electron chi connectivity index (χ1n) is 5.09. The number of amides is 1. The van der Waals surface area contributed by atoms with Crippen molar-refractivity contribution in [3.05, 3.63) is 64.1 Å². The van der Waals surface area contributed by atoms with Gasteiger partial charge in [0, 0.05) is 5.56 Å². The summed E-state index contributed by atoms with van der Waals surface area (Å²) in [5, 5.41) is 2.42. The highest BCUT2D eigenvalue weighted by atomic mass is 79.9. The van der Waals surface area contributed by atoms with Gasteiger partial charge in [0.15, 0.2) is 5.82 Å². The van der Waals surface area contributed by atoms with Crippen LogP contribution in [0.4, 0.5) is 14.5 Å². The summed E-state index contributed by atoms with van der Waals surface area (Å²) >= 11 is 3.03. The molecule has 0 bridgehead atoms. The lowest BCUT2D eigenvalue weighted by atomic mass is 10.2. The first kappa shape index (κ1) is 12.7. The largest absolute Gasteiger partial charge is 0.319 e. The molecule has 2 rings (SSSR count). The Morgan fingerprint density at radius 2 is 1.72 bits per heavy atom. The third-order valence-electron chi connectivity index (χ3n) is 2.31. The fourth-order valence-corrected chi connectivity index (χ4v) is 1.76. The van der Waals surface area contributed by atoms with Crippen molar-refractivity contribution in [1.29, 1.82) is 0 Å². The van der Waals surface area contributed by atoms with Gasteiger partial charge in [0.1, 0.15) is 5.82 Å². The topological polar surface area (TPSA) is 29.1 Å². The summed E-state index contributed by atoms with van der Waals surface area (Å²) in [7, 11) is 0. The monoisotopic (exact) mass is 311 g/mol. The van der Waals surface area contributed by atoms with Gasteiger partial charge in [-0.15, -0.1) is 0 Å². The van der Waals surface area contributed by atoms with Gasteiger partial charge in [0.05, 0.1) is 10.2 Å². The Hall–Kier alpha value is -1.75. The highest BCUT2D eigenvalue weighted by molar-refractivity contribution is 9.10. The lowest BCUT2D eigenvalue weighted by molar-refractivity contribution is 0.102. The Labute approximate surface area is 111 Å². The van der Waals surface area contributed by atoms with Crippen molar-refractivity contribution < 1.29 is 13.6 Å². The van der Waals surface area contributed by atoms with Crippen LogP contribution >= 0.6 is 15.9 Å². The summed E-state index contributed by atoms with van der Waals surface area (Å²) < 4.78 is 26.6. The molecule has 18 heavy (non-hydrogen) atoms. The molecule has 92 valence electrons. The molecular weight excluding hydrogens is 304 g/mol. The van der Waals surface area contributed by atoms with Crippen LogP contribution in [0.25, 0.3) is 0 Å². The third-order valence-corrected chi connectivity index (χ3v) is 2.92. The Bertz CT molecular complexity index is 584. The van der Waals surface area contributed by atoms with E-state index in [-0.39, 0.29) is 15.7 Å². The summed E-state index contributed by atoms with van der Waals surface area (Å²) in [6.45, 7) is 0. The van der Waals surface area contributed by atoms with Crippen LogP contribution in [0, 0.1) is 11.6 Å². The molecule has 0 fully saturated rings. The molecular formula is C13H8BrF2NO. The van der Waals surface area contributed by atoms with Crippen LogP contribution in [0.3, 0.4) is 0 Å². The van der Waals surface area contributed by atoms with Crippen LogP contribution < -0.4 is 5.32 Å². The molecule has 1 amide bonds. The average molecular weight is 312 g/mol. The van der Waals surface area contributed by atoms with Crippen molar-refractivity contribution >= 4 is 27.5 Å². The van der Waals surface area contributed by atoms with Gasteiger partial charge in [0.2, 0.25) is 0 Å². The van der Waals surface area contributed by atoms with E-state index in [1.165, 1.54) is 36.4 Å². The molecule has 0 atom stereocenters. The zero-order chi connectivity index (χ0) is 13.1. The summed E-state index contributed by atoms with van der Waals surface area (Å²) in [6, 6.07) is 9.59. The molecule has 0 heterocycles. The maximum atomic E-state index is 13.6. The molecule has 0 aromatic heterocycles. The number of hydrogen-bond donors (Lipinski definition) is 1. The van der Waals surface area contributed by atoms with E-state index in [0.717, 1.165) is 0 Å². The van der Waals surface area contributed by atoms with E-state index < -0.39 is 17.5 Å². The van der Waals surface area contributed by atoms with Crippen LogP contribution in [-0.2, 0) is 0 Å². The Balaban J connectivity index is 2.21. The number of hydrogen-bond acceptors (Lipinski definition) is 1. The van der Waals surface area contributed by atoms with E-state index in [1.807, 2.05) is 0 Å². The van der Waals surface area contributed by atoms with E-state index in [9.17, 15) is 13.6 Å². The second-order valence-corrected chi connectivity index (χ2v) is 4.42. The van der Waals surface area contributed by atoms with Crippen molar-refractivity contribution in [3.63, 3.8) is 0 Å². The van der Waals surface area contributed by atoms with E-state index in [2.05, 4.69) is 21.2 Å². The first-order chi connectivity index (χ1) is 8.58. The number of carbonyl (C=O) groups is 1. The minimum Gasteiger partial charge on any atom is -0.319 e. The fourth-order valence-electron chi connectivity index (χ4n) is 1.40. The maximum Gasteiger partial charge on any atom is 0.255 e. The molecule has 1 N–H and O–H groups in total. The average Bonchev–Trinajstić information content (AvgIpc) is 2.36. The van der Waals surface area contributed by atoms with Gasteiger partial charge in [-0.2, -0.15) is 0 Å². The second-order valence-electron chi connectivity index (χ2n) is 3.56. The molecule has 0 saturated heterocycles. The Morgan fingerprint density at radius 3 is 2.39 bits per heavy atom. The van der Waals surface area contributed by atoms with Crippen LogP contribution in [0.5, 0.6) is 0 Å². The molecule has 0 aliphatic heterocycles. The summed E-state index contributed by atoms with van der Waals surface area (Å²) in [5.41, 5.74) is 0.328. The predicted octanol–water partition coefficient (Wildman–Crippen LogP) is 3.98. The Morgan fingerprint density at radius 1 is 1.06 bits per heavy atom. The quantitative estimate of drug-likeness (QED) is 0.893. The van der Waals surface area contributed by atoms with Crippen LogP contribution in [0.1, 0.15) is 10.4 Å². The minimum absolute atomic E-state index is 0.0682. The lowest BCUT2D eigenvalue weighted by Gasteiger charge is -2.07. The van der Waals surface area contributed by atoms with Crippen molar-refractivity contribution in [2.75, 3.05) is 5.32 Å². The van der Waals surface area contributed by atoms with E-state index in [4.69, 9.17) is 0 Å². The molecule has 5 heteroatoms. The van der Waals surface area contributed by atoms with Gasteiger partial charge >= 0.3 is 0 Å². The number of rotatable bonds is 2. The second kappa shape index (κ2) is 5.27. The lowest BCUT2D eigenvalue weighted by Crippen LogP contribution is -2.13. The number of nitrogens with one attached hydrogen (secondary N) is 1. The van der Waals surface area contributed by atoms with Crippen molar-refractivity contribution in [2.24, 2.45) is 0 Å². The van der Waals surface area contributed by atoms with E-state index in [0.29, 0.717) is 0 Å². The van der Waals surface area contributed by atoms with Gasteiger partial charge < -0.3 is 5.32 Å². The van der Waals surface area contributed by atoms with Crippen molar-refractivity contribution in [2.45, 2.75) is 0 Å². The molecule has 0 spiro atoms. The van der Waals surface area contributed by atoms with Crippen molar-refractivity contribution in [1.82, 2.24) is 0 Å². The first-order valence-corrected chi connectivity index (χ1v) is 5.88. The van der Waals surface area contributed by atoms with E-state index in [1.54, 1.807) is 6.07 Å². The summed E-state index contributed by atoms with van der Waals surface area (Å²) in [6.07, 6.45) is 0. The molecule has 0 saturated carbocycles. The van der Waals surface area contributed by atoms with Gasteiger partial charge in [-0.3, -0.25) is 4.79 Å². The summed E-state index contributed by atoms with van der Waals surface area (Å²) in [4.78, 5) is 11.8. The summed E-state index contributed by atoms with van der Waals surface area (Å²) in [5.74, 6) is -1.47. The van der Waals surface area contributed by atoms with Crippen LogP contribution in [0.15, 0.2) is 46.9 Å². The maximum absolute atomic E-state index is 13.6. The van der Waals surface area contributed by atoms with Gasteiger partial charge in [0.25, 0.3) is 5.91 Å². The normalized spacial score (nSPS) is 10.2. The zero-order valence-corrected chi connectivity index (χ0v) is 10.7. The predicted molar refractivity (Wildman–Crippen MR) is 68.5 cm³/mol. The SMILES string of the molecule is O=C(Nc1cccc(Br)c1F)c1ccc(F)cc1. The van der Waals surface area contributed by atoms with Gasteiger partial charge in [-0.05, 0) is 52.3 Å². The molecule has 0 radical (unpaired) electrons. The third kappa shape index (κ3) is 2.73. The van der Waals surface area contributed by atoms with Gasteiger partial charge in [-0.25, -0.2) is 8.78 Å². The number of anilines is 1. The molecule has 0 aliphatic carbocycles. The van der Waals surface area contributed by atoms with Gasteiger partial charge in [-0.1, -0.05) is 6.07 Å². The fraction of sp³-hybridized carbons (Fsp3) is 0. The standard InChI is InChI=1S/C13H8BrF2NO/c14-10-2-1-3-11(12(10)16)17-13(18)8-4-6-9(15)7-5-8/h1-7H,(H,17,18). The van der Waals surface area contributed by atoms with Crippen LogP contribution in [-0.4, -0.2) is 5.91 Å². The number of carbonyl (C=O) groups excluding carboxylic acids is 1. The molecule has 0 aliphatic rings. The molecule has 2 nitrogen and oxygen atoms in total. The molecule has 0 unspecified atom stereocenters. The highest BCUT2D eigenvalue weighted by Gasteiger charge is 2.10. The molecule has 2 aromatic rings. The smallest absolute Gasteiger partial charge is 0.255 e. The zero-order valence-electron chi connectivity index (χ0n) is 9.08. The highest BCUT2D eigenvalue weighted by Crippen LogP contribution is 2.23. The Kier molecular flexibility index (Phi) is 3.72. The number of benzene rings is 2. The van der Waals surface area contributed by atoms with Crippen LogP contribution in [0.2, 0.25) is 0 Å². The minimum atomic E-state index is -0.548. The van der Waals surface area contributed by atoms with Crippen molar-refractivity contribution in [3.8, 4) is 0 Å². The molecule has 2 aromatic carbocycles. The number of halogens is 3. The van der Waals surface area contributed by atoms with E-state index >= 15 is 0 Å².